The highest BCUT2D eigenvalue weighted by Gasteiger charge is 2.26. The van der Waals surface area contributed by atoms with Crippen molar-refractivity contribution < 1.29 is 38.4 Å². The Bertz CT molecular complexity index is 364. The monoisotopic (exact) mass is 326 g/mol. The Kier molecular flexibility index (Phi) is 8.95. The van der Waals surface area contributed by atoms with Crippen molar-refractivity contribution in [3.8, 4) is 11.5 Å². The summed E-state index contributed by atoms with van der Waals surface area (Å²) in [5, 5.41) is 0. The van der Waals surface area contributed by atoms with E-state index in [1.165, 1.54) is 4.90 Å². The quantitative estimate of drug-likeness (QED) is 0.577. The second kappa shape index (κ2) is 9.28. The van der Waals surface area contributed by atoms with Gasteiger partial charge in [0.25, 0.3) is 0 Å². The first-order chi connectivity index (χ1) is 9.28. The third kappa shape index (κ3) is 7.18. The zero-order valence-electron chi connectivity index (χ0n) is 11.9. The number of halogens is 1. The van der Waals surface area contributed by atoms with Crippen molar-refractivity contribution in [3.05, 3.63) is 18.2 Å². The second-order valence-corrected chi connectivity index (χ2v) is 6.74. The highest BCUT2D eigenvalue weighted by Crippen LogP contribution is 2.34. The predicted molar refractivity (Wildman–Crippen MR) is 66.3 cm³/mol. The maximum absolute atomic E-state index is 8.49. The van der Waals surface area contributed by atoms with E-state index in [1.54, 1.807) is 14.2 Å². The number of hydrogen-bond acceptors (Lipinski definition) is 6. The molecule has 20 heavy (non-hydrogen) atoms. The van der Waals surface area contributed by atoms with E-state index in [9.17, 15) is 0 Å². The predicted octanol–water partition coefficient (Wildman–Crippen LogP) is -2.04. The number of ether oxygens (including phenoxy) is 2. The van der Waals surface area contributed by atoms with Gasteiger partial charge < -0.3 is 9.47 Å². The Morgan fingerprint density at radius 3 is 1.55 bits per heavy atom. The van der Waals surface area contributed by atoms with E-state index in [-0.39, 0.29) is 10.9 Å². The summed E-state index contributed by atoms with van der Waals surface area (Å²) in [4.78, 5) is 1.23. The smallest absolute Gasteiger partial charge is 0.238 e. The van der Waals surface area contributed by atoms with Crippen LogP contribution in [0, 0.1) is 10.2 Å². The largest absolute Gasteiger partial charge is 0.491 e. The molecular formula is C12H19ClO6S. The maximum Gasteiger partial charge on any atom is 0.238 e. The van der Waals surface area contributed by atoms with Gasteiger partial charge in [0.2, 0.25) is 4.90 Å². The lowest BCUT2D eigenvalue weighted by atomic mass is 10.3. The molecule has 0 aliphatic rings. The minimum absolute atomic E-state index is 0.225. The highest BCUT2D eigenvalue weighted by molar-refractivity contribution is 7.97. The zero-order valence-corrected chi connectivity index (χ0v) is 13.5. The van der Waals surface area contributed by atoms with Crippen molar-refractivity contribution in [2.45, 2.75) is 18.7 Å². The van der Waals surface area contributed by atoms with Crippen molar-refractivity contribution in [1.82, 2.24) is 0 Å². The van der Waals surface area contributed by atoms with Gasteiger partial charge in [-0.25, -0.2) is 18.6 Å². The molecule has 0 radical (unpaired) electrons. The normalized spacial score (nSPS) is 10.8. The van der Waals surface area contributed by atoms with E-state index in [1.807, 2.05) is 18.2 Å². The molecule has 0 saturated carbocycles. The molecule has 0 amide bonds. The van der Waals surface area contributed by atoms with Crippen LogP contribution in [-0.2, 0) is 10.9 Å². The molecular weight excluding hydrogens is 308 g/mol. The molecule has 1 rings (SSSR count). The average Bonchev–Trinajstić information content (AvgIpc) is 2.38. The summed E-state index contributed by atoms with van der Waals surface area (Å²) in [6.07, 6.45) is 0. The van der Waals surface area contributed by atoms with Crippen LogP contribution in [0.15, 0.2) is 23.1 Å². The molecule has 0 N–H and O–H groups in total. The van der Waals surface area contributed by atoms with Crippen LogP contribution in [-0.4, -0.2) is 25.7 Å². The minimum Gasteiger partial charge on any atom is -0.491 e. The van der Waals surface area contributed by atoms with E-state index in [0.29, 0.717) is 0 Å². The summed E-state index contributed by atoms with van der Waals surface area (Å²) in [5.74, 6) is 4.16. The lowest BCUT2D eigenvalue weighted by Crippen LogP contribution is -2.68. The SMILES string of the molecule is CC[S+](CC)c1c(OC)cccc1OC.[O-][Cl+3]([O-])([O-])[O-]. The molecule has 0 saturated heterocycles. The summed E-state index contributed by atoms with van der Waals surface area (Å²) in [7, 11) is -1.29. The molecule has 0 bridgehead atoms. The molecule has 0 spiro atoms. The lowest BCUT2D eigenvalue weighted by Gasteiger charge is -2.17. The van der Waals surface area contributed by atoms with E-state index in [0.717, 1.165) is 23.0 Å². The summed E-state index contributed by atoms with van der Waals surface area (Å²) in [6.45, 7) is 4.41. The van der Waals surface area contributed by atoms with Gasteiger partial charge in [-0.2, -0.15) is 0 Å². The molecule has 0 atom stereocenters. The highest BCUT2D eigenvalue weighted by atomic mass is 35.7. The third-order valence-electron chi connectivity index (χ3n) is 2.37. The summed E-state index contributed by atoms with van der Waals surface area (Å²) in [5.41, 5.74) is 0. The van der Waals surface area contributed by atoms with Crippen molar-refractivity contribution in [3.63, 3.8) is 0 Å². The summed E-state index contributed by atoms with van der Waals surface area (Å²) >= 11 is 0. The van der Waals surface area contributed by atoms with E-state index in [2.05, 4.69) is 13.8 Å². The Morgan fingerprint density at radius 1 is 0.950 bits per heavy atom. The van der Waals surface area contributed by atoms with E-state index >= 15 is 0 Å². The fraction of sp³-hybridized carbons (Fsp3) is 0.500. The Balaban J connectivity index is 0.000000621. The van der Waals surface area contributed by atoms with Crippen LogP contribution in [0.3, 0.4) is 0 Å². The molecule has 6 nitrogen and oxygen atoms in total. The minimum atomic E-state index is -4.94. The van der Waals surface area contributed by atoms with Crippen LogP contribution in [0.4, 0.5) is 0 Å². The topological polar surface area (TPSA) is 111 Å². The maximum atomic E-state index is 8.49. The number of hydrogen-bond donors (Lipinski definition) is 0. The first-order valence-corrected chi connectivity index (χ1v) is 8.58. The van der Waals surface area contributed by atoms with Crippen LogP contribution in [0.25, 0.3) is 0 Å². The van der Waals surface area contributed by atoms with E-state index in [4.69, 9.17) is 28.1 Å². The van der Waals surface area contributed by atoms with Crippen molar-refractivity contribution in [2.75, 3.05) is 25.7 Å². The van der Waals surface area contributed by atoms with Crippen molar-refractivity contribution in [1.29, 1.82) is 0 Å². The Labute approximate surface area is 124 Å². The molecule has 0 fully saturated rings. The van der Waals surface area contributed by atoms with Gasteiger partial charge in [0, 0.05) is 10.9 Å². The molecule has 116 valence electrons. The van der Waals surface area contributed by atoms with Gasteiger partial charge in [-0.1, -0.05) is 6.07 Å². The Morgan fingerprint density at radius 2 is 1.30 bits per heavy atom. The molecule has 0 unspecified atom stereocenters. The summed E-state index contributed by atoms with van der Waals surface area (Å²) in [6, 6.07) is 5.97. The van der Waals surface area contributed by atoms with Crippen LogP contribution in [0.1, 0.15) is 13.8 Å². The first kappa shape index (κ1) is 19.3. The molecule has 1 aromatic carbocycles. The van der Waals surface area contributed by atoms with Gasteiger partial charge in [0.05, 0.1) is 14.2 Å². The number of methoxy groups -OCH3 is 2. The Hall–Kier alpha value is -0.700. The zero-order chi connectivity index (χ0) is 15.8. The second-order valence-electron chi connectivity index (χ2n) is 3.44. The van der Waals surface area contributed by atoms with Gasteiger partial charge in [-0.15, -0.1) is 10.2 Å². The van der Waals surface area contributed by atoms with Crippen LogP contribution in [0.5, 0.6) is 11.5 Å². The van der Waals surface area contributed by atoms with Crippen LogP contribution in [0.2, 0.25) is 0 Å². The van der Waals surface area contributed by atoms with Crippen molar-refractivity contribution in [2.24, 2.45) is 0 Å². The molecule has 8 heteroatoms. The average molecular weight is 327 g/mol. The van der Waals surface area contributed by atoms with Gasteiger partial charge in [0.1, 0.15) is 11.5 Å². The number of rotatable bonds is 5. The molecule has 0 aromatic heterocycles. The molecule has 0 aliphatic carbocycles. The van der Waals surface area contributed by atoms with E-state index < -0.39 is 10.2 Å². The fourth-order valence-electron chi connectivity index (χ4n) is 1.59. The lowest BCUT2D eigenvalue weighted by molar-refractivity contribution is -2.00. The fourth-order valence-corrected chi connectivity index (χ4v) is 3.45. The third-order valence-corrected chi connectivity index (χ3v) is 4.74. The van der Waals surface area contributed by atoms with Crippen LogP contribution < -0.4 is 28.1 Å². The van der Waals surface area contributed by atoms with Crippen molar-refractivity contribution >= 4 is 10.9 Å². The van der Waals surface area contributed by atoms with Gasteiger partial charge >= 0.3 is 0 Å². The molecule has 1 aromatic rings. The van der Waals surface area contributed by atoms with Gasteiger partial charge in [-0.3, -0.25) is 0 Å². The van der Waals surface area contributed by atoms with Gasteiger partial charge in [0.15, 0.2) is 11.5 Å². The number of benzene rings is 1. The van der Waals surface area contributed by atoms with Crippen LogP contribution >= 0.6 is 0 Å². The molecule has 0 heterocycles. The van der Waals surface area contributed by atoms with Gasteiger partial charge in [-0.05, 0) is 26.0 Å². The molecule has 0 aliphatic heterocycles. The first-order valence-electron chi connectivity index (χ1n) is 5.78. The standard InChI is InChI=1S/C12H19O2S.ClHO4/c1-5-15(6-2)12-10(13-3)8-7-9-11(12)14-4;2-1(3,4)5/h7-9H,5-6H2,1-4H3;(H,2,3,4,5)/q+1;/p-1. The summed E-state index contributed by atoms with van der Waals surface area (Å²) < 4.78 is 44.8.